The molecule has 0 aromatic rings. The normalized spacial score (nSPS) is 6.88. The zero-order valence-electron chi connectivity index (χ0n) is 5.35. The van der Waals surface area contributed by atoms with Crippen LogP contribution in [-0.2, 0) is 4.79 Å². The maximum absolute atomic E-state index is 9.59. The molecule has 0 unspecified atom stereocenters. The molecule has 0 saturated carbocycles. The smallest absolute Gasteiger partial charge is 0.217 e. The zero-order valence-corrected chi connectivity index (χ0v) is 5.35. The summed E-state index contributed by atoms with van der Waals surface area (Å²) in [7, 11) is 0. The van der Waals surface area contributed by atoms with Gasteiger partial charge in [-0.15, -0.1) is 0 Å². The Morgan fingerprint density at radius 1 is 1.62 bits per heavy atom. The number of primary amides is 1. The summed E-state index contributed by atoms with van der Waals surface area (Å²) in [5.74, 6) is -0.245. The SMILES string of the molecule is CCC(N)=O.CCO. The second-order valence-electron chi connectivity index (χ2n) is 1.14. The third kappa shape index (κ3) is 52.1. The highest BCUT2D eigenvalue weighted by Crippen LogP contribution is 1.63. The summed E-state index contributed by atoms with van der Waals surface area (Å²) in [6, 6.07) is 0. The summed E-state index contributed by atoms with van der Waals surface area (Å²) in [6.07, 6.45) is 0.444. The largest absolute Gasteiger partial charge is 0.397 e. The predicted molar refractivity (Wildman–Crippen MR) is 32.2 cm³/mol. The Labute approximate surface area is 49.5 Å². The lowest BCUT2D eigenvalue weighted by molar-refractivity contribution is -0.117. The molecule has 3 nitrogen and oxygen atoms in total. The number of carbonyl (C=O) groups excluding carboxylic acids is 1. The Bertz CT molecular complexity index is 54.4. The maximum atomic E-state index is 9.59. The van der Waals surface area contributed by atoms with Gasteiger partial charge in [-0.2, -0.15) is 0 Å². The molecule has 0 aliphatic heterocycles. The van der Waals surface area contributed by atoms with Crippen LogP contribution in [0.4, 0.5) is 0 Å². The van der Waals surface area contributed by atoms with E-state index in [1.807, 2.05) is 0 Å². The summed E-state index contributed by atoms with van der Waals surface area (Å²) < 4.78 is 0. The molecular formula is C5H13NO2. The van der Waals surface area contributed by atoms with Crippen molar-refractivity contribution in [2.24, 2.45) is 5.73 Å². The first-order chi connectivity index (χ1) is 3.68. The van der Waals surface area contributed by atoms with Crippen molar-refractivity contribution < 1.29 is 9.90 Å². The van der Waals surface area contributed by atoms with Gasteiger partial charge in [0.05, 0.1) is 0 Å². The van der Waals surface area contributed by atoms with E-state index in [9.17, 15) is 4.79 Å². The van der Waals surface area contributed by atoms with E-state index < -0.39 is 0 Å². The van der Waals surface area contributed by atoms with Crippen LogP contribution in [0.3, 0.4) is 0 Å². The molecule has 0 radical (unpaired) electrons. The third-order valence-corrected chi connectivity index (χ3v) is 0.348. The number of aliphatic hydroxyl groups is 1. The topological polar surface area (TPSA) is 63.3 Å². The minimum atomic E-state index is -0.245. The van der Waals surface area contributed by atoms with Crippen molar-refractivity contribution >= 4 is 5.91 Å². The summed E-state index contributed by atoms with van der Waals surface area (Å²) in [5.41, 5.74) is 4.65. The molecule has 3 heteroatoms. The Balaban J connectivity index is 0. The van der Waals surface area contributed by atoms with Gasteiger partial charge in [-0.25, -0.2) is 0 Å². The van der Waals surface area contributed by atoms with Gasteiger partial charge in [0.2, 0.25) is 5.91 Å². The number of aliphatic hydroxyl groups excluding tert-OH is 1. The number of nitrogens with two attached hydrogens (primary N) is 1. The van der Waals surface area contributed by atoms with Crippen LogP contribution in [0.5, 0.6) is 0 Å². The van der Waals surface area contributed by atoms with Gasteiger partial charge in [-0.05, 0) is 6.92 Å². The molecule has 0 heterocycles. The fraction of sp³-hybridized carbons (Fsp3) is 0.800. The van der Waals surface area contributed by atoms with E-state index in [-0.39, 0.29) is 12.5 Å². The summed E-state index contributed by atoms with van der Waals surface area (Å²) >= 11 is 0. The molecule has 0 aromatic carbocycles. The molecule has 8 heavy (non-hydrogen) atoms. The monoisotopic (exact) mass is 119 g/mol. The van der Waals surface area contributed by atoms with E-state index in [0.717, 1.165) is 0 Å². The Morgan fingerprint density at radius 3 is 1.75 bits per heavy atom. The molecule has 0 aliphatic rings. The van der Waals surface area contributed by atoms with Crippen LogP contribution in [0.15, 0.2) is 0 Å². The summed E-state index contributed by atoms with van der Waals surface area (Å²) in [6.45, 7) is 3.66. The lowest BCUT2D eigenvalue weighted by Gasteiger charge is -1.73. The Morgan fingerprint density at radius 2 is 1.75 bits per heavy atom. The molecule has 0 bridgehead atoms. The van der Waals surface area contributed by atoms with Crippen LogP contribution < -0.4 is 5.73 Å². The van der Waals surface area contributed by atoms with E-state index in [1.165, 1.54) is 0 Å². The zero-order chi connectivity index (χ0) is 6.99. The van der Waals surface area contributed by atoms with Gasteiger partial charge in [0.1, 0.15) is 0 Å². The van der Waals surface area contributed by atoms with Gasteiger partial charge >= 0.3 is 0 Å². The van der Waals surface area contributed by atoms with Crippen molar-refractivity contribution in [3.8, 4) is 0 Å². The molecule has 50 valence electrons. The second-order valence-corrected chi connectivity index (χ2v) is 1.14. The first kappa shape index (κ1) is 10.4. The molecule has 0 atom stereocenters. The average Bonchev–Trinajstić information content (AvgIpc) is 1.69. The van der Waals surface area contributed by atoms with Crippen LogP contribution in [0.25, 0.3) is 0 Å². The summed E-state index contributed by atoms with van der Waals surface area (Å²) in [5, 5.41) is 7.57. The van der Waals surface area contributed by atoms with Gasteiger partial charge in [0.15, 0.2) is 0 Å². The van der Waals surface area contributed by atoms with Gasteiger partial charge < -0.3 is 10.8 Å². The minimum Gasteiger partial charge on any atom is -0.397 e. The van der Waals surface area contributed by atoms with Crippen molar-refractivity contribution in [3.05, 3.63) is 0 Å². The highest BCUT2D eigenvalue weighted by Gasteiger charge is 1.77. The Hall–Kier alpha value is -0.570. The molecule has 0 saturated heterocycles. The van der Waals surface area contributed by atoms with Crippen molar-refractivity contribution in [3.63, 3.8) is 0 Å². The molecular weight excluding hydrogens is 106 g/mol. The van der Waals surface area contributed by atoms with E-state index >= 15 is 0 Å². The lowest BCUT2D eigenvalue weighted by Crippen LogP contribution is -2.06. The van der Waals surface area contributed by atoms with Crippen molar-refractivity contribution in [1.29, 1.82) is 0 Å². The van der Waals surface area contributed by atoms with Crippen LogP contribution in [0.2, 0.25) is 0 Å². The fourth-order valence-electron chi connectivity index (χ4n) is 0. The van der Waals surface area contributed by atoms with Gasteiger partial charge in [-0.1, -0.05) is 6.92 Å². The first-order valence-electron chi connectivity index (χ1n) is 2.58. The summed E-state index contributed by atoms with van der Waals surface area (Å²) in [4.78, 5) is 9.59. The quantitative estimate of drug-likeness (QED) is 0.505. The molecule has 3 N–H and O–H groups in total. The number of carbonyl (C=O) groups is 1. The number of rotatable bonds is 1. The van der Waals surface area contributed by atoms with E-state index in [2.05, 4.69) is 5.73 Å². The van der Waals surface area contributed by atoms with Crippen LogP contribution in [0, 0.1) is 0 Å². The third-order valence-electron chi connectivity index (χ3n) is 0.348. The second kappa shape index (κ2) is 9.66. The molecule has 1 amide bonds. The Kier molecular flexibility index (Phi) is 12.6. The van der Waals surface area contributed by atoms with Crippen LogP contribution >= 0.6 is 0 Å². The lowest BCUT2D eigenvalue weighted by atomic mass is 10.5. The number of amides is 1. The van der Waals surface area contributed by atoms with Gasteiger partial charge in [0, 0.05) is 13.0 Å². The molecule has 0 aliphatic carbocycles. The predicted octanol–water partition coefficient (Wildman–Crippen LogP) is -0.120. The molecule has 0 spiro atoms. The van der Waals surface area contributed by atoms with Gasteiger partial charge in [0.25, 0.3) is 0 Å². The minimum absolute atomic E-state index is 0.245. The number of hydrogen-bond donors (Lipinski definition) is 2. The molecule has 0 fully saturated rings. The first-order valence-corrected chi connectivity index (χ1v) is 2.58. The molecule has 0 aromatic heterocycles. The van der Waals surface area contributed by atoms with E-state index in [1.54, 1.807) is 13.8 Å². The van der Waals surface area contributed by atoms with E-state index in [4.69, 9.17) is 5.11 Å². The van der Waals surface area contributed by atoms with E-state index in [0.29, 0.717) is 6.42 Å². The fourth-order valence-corrected chi connectivity index (χ4v) is 0. The van der Waals surface area contributed by atoms with Crippen molar-refractivity contribution in [2.75, 3.05) is 6.61 Å². The van der Waals surface area contributed by atoms with Crippen molar-refractivity contribution in [1.82, 2.24) is 0 Å². The van der Waals surface area contributed by atoms with Gasteiger partial charge in [-0.3, -0.25) is 4.79 Å². The standard InChI is InChI=1S/C3H7NO.C2H6O/c1-2-3(4)5;1-2-3/h2H2,1H3,(H2,4,5);3H,2H2,1H3. The highest BCUT2D eigenvalue weighted by atomic mass is 16.2. The average molecular weight is 119 g/mol. The van der Waals surface area contributed by atoms with Crippen molar-refractivity contribution in [2.45, 2.75) is 20.3 Å². The highest BCUT2D eigenvalue weighted by molar-refractivity contribution is 5.73. The molecule has 0 rings (SSSR count). The number of hydrogen-bond acceptors (Lipinski definition) is 2. The van der Waals surface area contributed by atoms with Crippen LogP contribution in [0.1, 0.15) is 20.3 Å². The van der Waals surface area contributed by atoms with Crippen LogP contribution in [-0.4, -0.2) is 17.6 Å². The maximum Gasteiger partial charge on any atom is 0.217 e.